The molecule has 0 amide bonds. The molecule has 0 spiro atoms. The topological polar surface area (TPSA) is 38.3 Å². The molecule has 1 rings (SSSR count). The van der Waals surface area contributed by atoms with Crippen LogP contribution in [-0.4, -0.2) is 19.6 Å². The number of esters is 1. The van der Waals surface area contributed by atoms with Crippen LogP contribution in [0.5, 0.6) is 0 Å². The zero-order chi connectivity index (χ0) is 14.5. The molecule has 0 saturated carbocycles. The molecular weight excluding hydrogens is 238 g/mol. The van der Waals surface area contributed by atoms with E-state index in [9.17, 15) is 4.79 Å². The van der Waals surface area contributed by atoms with Gasteiger partial charge in [0.15, 0.2) is 0 Å². The lowest BCUT2D eigenvalue weighted by atomic mass is 9.82. The zero-order valence-corrected chi connectivity index (χ0v) is 12.6. The molecule has 0 fully saturated rings. The van der Waals surface area contributed by atoms with Crippen molar-refractivity contribution in [2.24, 2.45) is 11.3 Å². The van der Waals surface area contributed by atoms with Crippen molar-refractivity contribution in [2.45, 2.75) is 34.2 Å². The van der Waals surface area contributed by atoms with Gasteiger partial charge in [0.1, 0.15) is 0 Å². The first-order valence-electron chi connectivity index (χ1n) is 6.72. The molecule has 1 aromatic rings. The van der Waals surface area contributed by atoms with Crippen molar-refractivity contribution in [1.29, 1.82) is 0 Å². The molecule has 106 valence electrons. The Kier molecular flexibility index (Phi) is 5.55. The van der Waals surface area contributed by atoms with Gasteiger partial charge >= 0.3 is 5.97 Å². The van der Waals surface area contributed by atoms with Crippen molar-refractivity contribution in [1.82, 2.24) is 5.32 Å². The van der Waals surface area contributed by atoms with E-state index >= 15 is 0 Å². The molecule has 1 aromatic carbocycles. The van der Waals surface area contributed by atoms with Crippen molar-refractivity contribution < 1.29 is 9.53 Å². The van der Waals surface area contributed by atoms with Crippen LogP contribution in [0.15, 0.2) is 24.3 Å². The quantitative estimate of drug-likeness (QED) is 0.829. The predicted molar refractivity (Wildman–Crippen MR) is 78.1 cm³/mol. The van der Waals surface area contributed by atoms with E-state index in [1.54, 1.807) is 12.1 Å². The second kappa shape index (κ2) is 6.71. The molecule has 1 N–H and O–H groups in total. The molecule has 0 aliphatic carbocycles. The average Bonchev–Trinajstić information content (AvgIpc) is 2.37. The summed E-state index contributed by atoms with van der Waals surface area (Å²) < 4.78 is 4.67. The average molecular weight is 263 g/mol. The summed E-state index contributed by atoms with van der Waals surface area (Å²) in [6.45, 7) is 10.8. The van der Waals surface area contributed by atoms with Gasteiger partial charge in [0.05, 0.1) is 12.7 Å². The molecule has 0 heterocycles. The second-order valence-corrected chi connectivity index (χ2v) is 6.09. The smallest absolute Gasteiger partial charge is 0.337 e. The Balaban J connectivity index is 2.45. The minimum atomic E-state index is -0.291. The van der Waals surface area contributed by atoms with Crippen molar-refractivity contribution in [2.75, 3.05) is 13.7 Å². The fourth-order valence-corrected chi connectivity index (χ4v) is 1.62. The Morgan fingerprint density at radius 2 is 1.84 bits per heavy atom. The standard InChI is InChI=1S/C16H25NO2/c1-12(16(2,3)4)10-17-11-13-6-8-14(9-7-13)15(18)19-5/h6-9,12,17H,10-11H2,1-5H3. The maximum absolute atomic E-state index is 11.3. The SMILES string of the molecule is COC(=O)c1ccc(CNCC(C)C(C)(C)C)cc1. The highest BCUT2D eigenvalue weighted by molar-refractivity contribution is 5.89. The van der Waals surface area contributed by atoms with Crippen LogP contribution >= 0.6 is 0 Å². The van der Waals surface area contributed by atoms with Gasteiger partial charge in [-0.1, -0.05) is 39.8 Å². The first-order valence-corrected chi connectivity index (χ1v) is 6.72. The minimum absolute atomic E-state index is 0.291. The molecule has 0 radical (unpaired) electrons. The zero-order valence-electron chi connectivity index (χ0n) is 12.6. The Bertz CT molecular complexity index is 404. The molecule has 1 unspecified atom stereocenters. The van der Waals surface area contributed by atoms with Crippen molar-refractivity contribution in [3.8, 4) is 0 Å². The summed E-state index contributed by atoms with van der Waals surface area (Å²) in [5.74, 6) is 0.322. The molecule has 3 nitrogen and oxygen atoms in total. The van der Waals surface area contributed by atoms with E-state index in [1.807, 2.05) is 12.1 Å². The molecule has 0 aliphatic heterocycles. The highest BCUT2D eigenvalue weighted by Gasteiger charge is 2.19. The first kappa shape index (κ1) is 15.7. The van der Waals surface area contributed by atoms with Gasteiger partial charge in [-0.25, -0.2) is 4.79 Å². The lowest BCUT2D eigenvalue weighted by molar-refractivity contribution is 0.0600. The largest absolute Gasteiger partial charge is 0.465 e. The lowest BCUT2D eigenvalue weighted by Gasteiger charge is -2.27. The number of benzene rings is 1. The van der Waals surface area contributed by atoms with Crippen molar-refractivity contribution >= 4 is 5.97 Å². The number of nitrogens with one attached hydrogen (secondary N) is 1. The summed E-state index contributed by atoms with van der Waals surface area (Å²) in [6.07, 6.45) is 0. The van der Waals surface area contributed by atoms with Gasteiger partial charge in [-0.15, -0.1) is 0 Å². The van der Waals surface area contributed by atoms with Crippen LogP contribution in [0.25, 0.3) is 0 Å². The summed E-state index contributed by atoms with van der Waals surface area (Å²) in [4.78, 5) is 11.3. The molecule has 3 heteroatoms. The fraction of sp³-hybridized carbons (Fsp3) is 0.562. The Morgan fingerprint density at radius 3 is 2.32 bits per heavy atom. The summed E-state index contributed by atoms with van der Waals surface area (Å²) in [7, 11) is 1.39. The summed E-state index contributed by atoms with van der Waals surface area (Å²) in [6, 6.07) is 7.52. The number of hydrogen-bond acceptors (Lipinski definition) is 3. The highest BCUT2D eigenvalue weighted by atomic mass is 16.5. The summed E-state index contributed by atoms with van der Waals surface area (Å²) in [5, 5.41) is 3.45. The Hall–Kier alpha value is -1.35. The number of carbonyl (C=O) groups excluding carboxylic acids is 1. The number of rotatable bonds is 5. The molecule has 19 heavy (non-hydrogen) atoms. The molecule has 0 aliphatic rings. The van der Waals surface area contributed by atoms with E-state index in [0.717, 1.165) is 13.1 Å². The van der Waals surface area contributed by atoms with Crippen molar-refractivity contribution in [3.63, 3.8) is 0 Å². The predicted octanol–water partition coefficient (Wildman–Crippen LogP) is 3.25. The van der Waals surface area contributed by atoms with E-state index in [4.69, 9.17) is 0 Å². The van der Waals surface area contributed by atoms with Crippen LogP contribution < -0.4 is 5.32 Å². The van der Waals surface area contributed by atoms with Crippen LogP contribution in [0.2, 0.25) is 0 Å². The van der Waals surface area contributed by atoms with Gasteiger partial charge in [-0.05, 0) is 35.6 Å². The third-order valence-electron chi connectivity index (χ3n) is 3.63. The number of carbonyl (C=O) groups is 1. The Morgan fingerprint density at radius 1 is 1.26 bits per heavy atom. The maximum atomic E-state index is 11.3. The summed E-state index contributed by atoms with van der Waals surface area (Å²) >= 11 is 0. The number of ether oxygens (including phenoxy) is 1. The first-order chi connectivity index (χ1) is 8.84. The van der Waals surface area contributed by atoms with E-state index < -0.39 is 0 Å². The van der Waals surface area contributed by atoms with Crippen LogP contribution in [0.4, 0.5) is 0 Å². The molecule has 0 saturated heterocycles. The third kappa shape index (κ3) is 5.03. The van der Waals surface area contributed by atoms with Gasteiger partial charge in [-0.3, -0.25) is 0 Å². The van der Waals surface area contributed by atoms with E-state index in [1.165, 1.54) is 12.7 Å². The van der Waals surface area contributed by atoms with Gasteiger partial charge in [0.2, 0.25) is 0 Å². The van der Waals surface area contributed by atoms with Gasteiger partial charge in [0.25, 0.3) is 0 Å². The Labute approximate surface area is 116 Å². The van der Waals surface area contributed by atoms with Crippen LogP contribution in [0, 0.1) is 11.3 Å². The highest BCUT2D eigenvalue weighted by Crippen LogP contribution is 2.24. The molecule has 0 bridgehead atoms. The van der Waals surface area contributed by atoms with E-state index in [2.05, 4.69) is 37.7 Å². The van der Waals surface area contributed by atoms with Crippen LogP contribution in [-0.2, 0) is 11.3 Å². The van der Waals surface area contributed by atoms with Crippen molar-refractivity contribution in [3.05, 3.63) is 35.4 Å². The number of methoxy groups -OCH3 is 1. The maximum Gasteiger partial charge on any atom is 0.337 e. The van der Waals surface area contributed by atoms with Gasteiger partial charge in [-0.2, -0.15) is 0 Å². The van der Waals surface area contributed by atoms with Gasteiger partial charge in [0, 0.05) is 6.54 Å². The fourth-order valence-electron chi connectivity index (χ4n) is 1.62. The molecular formula is C16H25NO2. The van der Waals surface area contributed by atoms with Gasteiger partial charge < -0.3 is 10.1 Å². The van der Waals surface area contributed by atoms with Crippen LogP contribution in [0.3, 0.4) is 0 Å². The minimum Gasteiger partial charge on any atom is -0.465 e. The third-order valence-corrected chi connectivity index (χ3v) is 3.63. The normalized spacial score (nSPS) is 13.1. The molecule has 0 aromatic heterocycles. The summed E-state index contributed by atoms with van der Waals surface area (Å²) in [5.41, 5.74) is 2.09. The number of hydrogen-bond donors (Lipinski definition) is 1. The van der Waals surface area contributed by atoms with E-state index in [0.29, 0.717) is 16.9 Å². The molecule has 1 atom stereocenters. The lowest BCUT2D eigenvalue weighted by Crippen LogP contribution is -2.29. The van der Waals surface area contributed by atoms with Crippen LogP contribution in [0.1, 0.15) is 43.6 Å². The second-order valence-electron chi connectivity index (χ2n) is 6.09. The van der Waals surface area contributed by atoms with E-state index in [-0.39, 0.29) is 5.97 Å². The monoisotopic (exact) mass is 263 g/mol.